The summed E-state index contributed by atoms with van der Waals surface area (Å²) in [5.74, 6) is 0.192. The number of nitrogens with zero attached hydrogens (tertiary/aromatic N) is 3. The van der Waals surface area contributed by atoms with Crippen molar-refractivity contribution in [2.24, 2.45) is 0 Å². The summed E-state index contributed by atoms with van der Waals surface area (Å²) < 4.78 is 6.69. The monoisotopic (exact) mass is 306 g/mol. The van der Waals surface area contributed by atoms with Crippen molar-refractivity contribution in [2.45, 2.75) is 52.5 Å². The minimum Gasteiger partial charge on any atom is -0.466 e. The molecule has 0 aliphatic carbocycles. The molecule has 2 rings (SSSR count). The standard InChI is InChI=1S/C15H22N4O3/c1-4-10(5-2)19-14-11(9-16-19)15(21)18-12(17-14)7-8-13(20)22-6-3/h9-10H,4-8H2,1-3H3,(H,17,18,21). The zero-order valence-electron chi connectivity index (χ0n) is 13.3. The first-order chi connectivity index (χ1) is 10.6. The number of carbonyl (C=O) groups is 1. The van der Waals surface area contributed by atoms with Crippen molar-refractivity contribution in [3.8, 4) is 0 Å². The van der Waals surface area contributed by atoms with E-state index in [1.54, 1.807) is 17.8 Å². The Labute approximate surface area is 128 Å². The number of hydrogen-bond donors (Lipinski definition) is 1. The van der Waals surface area contributed by atoms with Crippen molar-refractivity contribution in [3.63, 3.8) is 0 Å². The lowest BCUT2D eigenvalue weighted by molar-refractivity contribution is -0.143. The molecule has 1 N–H and O–H groups in total. The minimum absolute atomic E-state index is 0.196. The number of H-pyrrole nitrogens is 1. The van der Waals surface area contributed by atoms with Crippen LogP contribution >= 0.6 is 0 Å². The zero-order valence-corrected chi connectivity index (χ0v) is 13.3. The number of aromatic amines is 1. The number of rotatable bonds is 7. The first kappa shape index (κ1) is 16.2. The fourth-order valence-electron chi connectivity index (χ4n) is 2.46. The third-order valence-corrected chi connectivity index (χ3v) is 3.67. The number of esters is 1. The van der Waals surface area contributed by atoms with Gasteiger partial charge in [0.2, 0.25) is 0 Å². The lowest BCUT2D eigenvalue weighted by atomic mass is 10.2. The van der Waals surface area contributed by atoms with Gasteiger partial charge < -0.3 is 9.72 Å². The molecule has 0 spiro atoms. The summed E-state index contributed by atoms with van der Waals surface area (Å²) in [6.07, 6.45) is 3.92. The lowest BCUT2D eigenvalue weighted by Crippen LogP contribution is -2.16. The maximum absolute atomic E-state index is 12.1. The van der Waals surface area contributed by atoms with Gasteiger partial charge in [0.1, 0.15) is 11.2 Å². The summed E-state index contributed by atoms with van der Waals surface area (Å²) in [6, 6.07) is 0.213. The quantitative estimate of drug-likeness (QED) is 0.790. The van der Waals surface area contributed by atoms with Gasteiger partial charge in [-0.15, -0.1) is 0 Å². The maximum atomic E-state index is 12.1. The predicted octanol–water partition coefficient (Wildman–Crippen LogP) is 1.98. The molecule has 22 heavy (non-hydrogen) atoms. The van der Waals surface area contributed by atoms with Gasteiger partial charge in [-0.2, -0.15) is 5.10 Å². The largest absolute Gasteiger partial charge is 0.466 e. The van der Waals surface area contributed by atoms with Crippen molar-refractivity contribution < 1.29 is 9.53 Å². The van der Waals surface area contributed by atoms with E-state index < -0.39 is 0 Å². The van der Waals surface area contributed by atoms with Crippen molar-refractivity contribution in [3.05, 3.63) is 22.4 Å². The van der Waals surface area contributed by atoms with Crippen LogP contribution in [0.2, 0.25) is 0 Å². The molecule has 0 aliphatic heterocycles. The van der Waals surface area contributed by atoms with E-state index in [-0.39, 0.29) is 24.0 Å². The van der Waals surface area contributed by atoms with E-state index >= 15 is 0 Å². The van der Waals surface area contributed by atoms with Crippen LogP contribution in [0.1, 0.15) is 51.9 Å². The molecular weight excluding hydrogens is 284 g/mol. The summed E-state index contributed by atoms with van der Waals surface area (Å²) in [5, 5.41) is 4.78. The predicted molar refractivity (Wildman–Crippen MR) is 82.7 cm³/mol. The van der Waals surface area contributed by atoms with E-state index in [2.05, 4.69) is 28.9 Å². The normalized spacial score (nSPS) is 11.3. The Bertz CT molecular complexity index is 700. The van der Waals surface area contributed by atoms with Crippen molar-refractivity contribution >= 4 is 17.0 Å². The molecule has 0 fully saturated rings. The minimum atomic E-state index is -0.293. The Hall–Kier alpha value is -2.18. The van der Waals surface area contributed by atoms with Crippen LogP contribution < -0.4 is 5.56 Å². The summed E-state index contributed by atoms with van der Waals surface area (Å²) in [7, 11) is 0. The summed E-state index contributed by atoms with van der Waals surface area (Å²) in [4.78, 5) is 30.7. The molecule has 120 valence electrons. The molecule has 0 atom stereocenters. The second-order valence-electron chi connectivity index (χ2n) is 5.11. The van der Waals surface area contributed by atoms with Crippen molar-refractivity contribution in [2.75, 3.05) is 6.61 Å². The lowest BCUT2D eigenvalue weighted by Gasteiger charge is -2.13. The second kappa shape index (κ2) is 7.20. The van der Waals surface area contributed by atoms with Gasteiger partial charge in [-0.25, -0.2) is 9.67 Å². The molecule has 0 radical (unpaired) electrons. The van der Waals surface area contributed by atoms with Crippen molar-refractivity contribution in [1.82, 2.24) is 19.7 Å². The van der Waals surface area contributed by atoms with E-state index in [0.717, 1.165) is 12.8 Å². The Kier molecular flexibility index (Phi) is 5.30. The van der Waals surface area contributed by atoms with Gasteiger partial charge in [0, 0.05) is 6.42 Å². The number of nitrogens with one attached hydrogen (secondary N) is 1. The Morgan fingerprint density at radius 3 is 2.73 bits per heavy atom. The molecule has 0 amide bonds. The summed E-state index contributed by atoms with van der Waals surface area (Å²) in [5.41, 5.74) is 0.359. The van der Waals surface area contributed by atoms with Crippen molar-refractivity contribution in [1.29, 1.82) is 0 Å². The van der Waals surface area contributed by atoms with Gasteiger partial charge in [-0.05, 0) is 19.8 Å². The van der Waals surface area contributed by atoms with Gasteiger partial charge >= 0.3 is 5.97 Å². The van der Waals surface area contributed by atoms with Crippen LogP contribution in [0.25, 0.3) is 11.0 Å². The Morgan fingerprint density at radius 2 is 2.09 bits per heavy atom. The number of fused-ring (bicyclic) bond motifs is 1. The molecule has 0 unspecified atom stereocenters. The van der Waals surface area contributed by atoms with Gasteiger partial charge in [0.25, 0.3) is 5.56 Å². The van der Waals surface area contributed by atoms with Gasteiger partial charge in [0.05, 0.1) is 25.3 Å². The topological polar surface area (TPSA) is 89.9 Å². The average Bonchev–Trinajstić information content (AvgIpc) is 2.92. The average molecular weight is 306 g/mol. The van der Waals surface area contributed by atoms with E-state index in [4.69, 9.17) is 4.74 Å². The van der Waals surface area contributed by atoms with Crippen LogP contribution in [0.5, 0.6) is 0 Å². The number of ether oxygens (including phenoxy) is 1. The van der Waals surface area contributed by atoms with Gasteiger partial charge in [-0.1, -0.05) is 13.8 Å². The van der Waals surface area contributed by atoms with Crippen LogP contribution in [-0.4, -0.2) is 32.3 Å². The van der Waals surface area contributed by atoms with Crippen LogP contribution in [0.15, 0.2) is 11.0 Å². The van der Waals surface area contributed by atoms with Crippen LogP contribution in [0, 0.1) is 0 Å². The smallest absolute Gasteiger partial charge is 0.306 e. The first-order valence-electron chi connectivity index (χ1n) is 7.72. The molecule has 0 saturated heterocycles. The van der Waals surface area contributed by atoms with Crippen LogP contribution in [-0.2, 0) is 16.0 Å². The van der Waals surface area contributed by atoms with E-state index in [1.807, 2.05) is 0 Å². The number of carbonyl (C=O) groups excluding carboxylic acids is 1. The van der Waals surface area contributed by atoms with Gasteiger partial charge in [0.15, 0.2) is 5.65 Å². The molecule has 0 bridgehead atoms. The molecule has 7 nitrogen and oxygen atoms in total. The zero-order chi connectivity index (χ0) is 16.1. The fourth-order valence-corrected chi connectivity index (χ4v) is 2.46. The summed E-state index contributed by atoms with van der Waals surface area (Å²) >= 11 is 0. The fraction of sp³-hybridized carbons (Fsp3) is 0.600. The van der Waals surface area contributed by atoms with E-state index in [9.17, 15) is 9.59 Å². The van der Waals surface area contributed by atoms with E-state index in [0.29, 0.717) is 29.9 Å². The molecular formula is C15H22N4O3. The Morgan fingerprint density at radius 1 is 1.36 bits per heavy atom. The van der Waals surface area contributed by atoms with Gasteiger partial charge in [-0.3, -0.25) is 9.59 Å². The first-order valence-corrected chi connectivity index (χ1v) is 7.72. The third-order valence-electron chi connectivity index (χ3n) is 3.67. The number of hydrogen-bond acceptors (Lipinski definition) is 5. The highest BCUT2D eigenvalue weighted by molar-refractivity contribution is 5.73. The van der Waals surface area contributed by atoms with Crippen LogP contribution in [0.3, 0.4) is 0 Å². The molecule has 0 aliphatic rings. The maximum Gasteiger partial charge on any atom is 0.306 e. The second-order valence-corrected chi connectivity index (χ2v) is 5.11. The SMILES string of the molecule is CCOC(=O)CCc1nc2c(cnn2C(CC)CC)c(=O)[nH]1. The Balaban J connectivity index is 2.32. The molecule has 0 aromatic carbocycles. The highest BCUT2D eigenvalue weighted by Crippen LogP contribution is 2.19. The molecule has 2 aromatic rings. The molecule has 2 heterocycles. The molecule has 7 heteroatoms. The third kappa shape index (κ3) is 3.35. The highest BCUT2D eigenvalue weighted by Gasteiger charge is 2.15. The summed E-state index contributed by atoms with van der Waals surface area (Å²) in [6.45, 7) is 6.27. The highest BCUT2D eigenvalue weighted by atomic mass is 16.5. The number of aromatic nitrogens is 4. The van der Waals surface area contributed by atoms with Crippen LogP contribution in [0.4, 0.5) is 0 Å². The molecule has 0 saturated carbocycles. The van der Waals surface area contributed by atoms with E-state index in [1.165, 1.54) is 0 Å². The number of aryl methyl sites for hydroxylation is 1. The molecule has 2 aromatic heterocycles.